The molecule has 3 aromatic heterocycles. The molecule has 1 saturated carbocycles. The number of anilines is 1. The van der Waals surface area contributed by atoms with Crippen molar-refractivity contribution in [2.45, 2.75) is 38.3 Å². The van der Waals surface area contributed by atoms with Gasteiger partial charge < -0.3 is 5.21 Å². The second kappa shape index (κ2) is 8.39. The summed E-state index contributed by atoms with van der Waals surface area (Å²) in [7, 11) is 0. The summed E-state index contributed by atoms with van der Waals surface area (Å²) < 4.78 is 6.25. The van der Waals surface area contributed by atoms with Gasteiger partial charge in [-0.25, -0.2) is 9.97 Å². The van der Waals surface area contributed by atoms with Gasteiger partial charge in [0.05, 0.1) is 23.2 Å². The van der Waals surface area contributed by atoms with E-state index in [4.69, 9.17) is 11.6 Å². The maximum Gasteiger partial charge on any atom is 0.236 e. The van der Waals surface area contributed by atoms with Gasteiger partial charge in [0.2, 0.25) is 5.95 Å². The molecule has 0 radical (unpaired) electrons. The lowest BCUT2D eigenvalue weighted by atomic mass is 10.2. The molecule has 1 fully saturated rings. The first-order chi connectivity index (χ1) is 13.6. The summed E-state index contributed by atoms with van der Waals surface area (Å²) in [5, 5.41) is 19.4. The molecule has 0 spiro atoms. The Morgan fingerprint density at radius 2 is 2.07 bits per heavy atom. The van der Waals surface area contributed by atoms with Crippen molar-refractivity contribution in [2.75, 3.05) is 4.72 Å². The van der Waals surface area contributed by atoms with E-state index in [1.165, 1.54) is 0 Å². The zero-order valence-corrected chi connectivity index (χ0v) is 16.7. The summed E-state index contributed by atoms with van der Waals surface area (Å²) in [6.45, 7) is 1.87. The van der Waals surface area contributed by atoms with Gasteiger partial charge >= 0.3 is 0 Å². The quantitative estimate of drug-likeness (QED) is 0.420. The Labute approximate surface area is 171 Å². The van der Waals surface area contributed by atoms with E-state index in [9.17, 15) is 5.21 Å². The second-order valence-corrected chi connectivity index (χ2v) is 7.73. The van der Waals surface area contributed by atoms with Crippen molar-refractivity contribution in [3.63, 3.8) is 0 Å². The molecule has 1 atom stereocenters. The summed E-state index contributed by atoms with van der Waals surface area (Å²) >= 11 is 6.84. The van der Waals surface area contributed by atoms with Gasteiger partial charge in [0.25, 0.3) is 0 Å². The summed E-state index contributed by atoms with van der Waals surface area (Å²) in [4.78, 5) is 12.7. The largest absolute Gasteiger partial charge is 0.301 e. The highest BCUT2D eigenvalue weighted by molar-refractivity contribution is 7.98. The molecule has 0 unspecified atom stereocenters. The Morgan fingerprint density at radius 1 is 1.29 bits per heavy atom. The van der Waals surface area contributed by atoms with Crippen LogP contribution in [0.15, 0.2) is 36.8 Å². The van der Waals surface area contributed by atoms with Crippen LogP contribution in [-0.4, -0.2) is 45.4 Å². The molecule has 2 N–H and O–H groups in total. The predicted octanol–water partition coefficient (Wildman–Crippen LogP) is 3.42. The average Bonchev–Trinajstić information content (AvgIpc) is 3.47. The van der Waals surface area contributed by atoms with Gasteiger partial charge in [0.15, 0.2) is 5.82 Å². The van der Waals surface area contributed by atoms with E-state index in [0.29, 0.717) is 29.3 Å². The number of hydrogen-bond donors (Lipinski definition) is 2. The van der Waals surface area contributed by atoms with E-state index in [1.54, 1.807) is 18.6 Å². The fourth-order valence-electron chi connectivity index (χ4n) is 2.67. The minimum atomic E-state index is -0.230. The van der Waals surface area contributed by atoms with Gasteiger partial charge in [-0.15, -0.1) is 14.7 Å². The lowest BCUT2D eigenvalue weighted by Crippen LogP contribution is -2.27. The molecule has 0 aliphatic heterocycles. The van der Waals surface area contributed by atoms with E-state index in [-0.39, 0.29) is 6.04 Å². The monoisotopic (exact) mass is 418 g/mol. The number of rotatable bonds is 8. The molecule has 0 aromatic carbocycles. The Balaban J connectivity index is 1.42. The van der Waals surface area contributed by atoms with Crippen LogP contribution in [0.5, 0.6) is 0 Å². The number of nitrogens with one attached hydrogen (secondary N) is 1. The van der Waals surface area contributed by atoms with E-state index in [1.807, 2.05) is 29.7 Å². The van der Waals surface area contributed by atoms with Crippen molar-refractivity contribution in [1.82, 2.24) is 34.2 Å². The molecule has 146 valence electrons. The van der Waals surface area contributed by atoms with Crippen LogP contribution in [0.3, 0.4) is 0 Å². The molecule has 4 rings (SSSR count). The molecule has 9 nitrogen and oxygen atoms in total. The van der Waals surface area contributed by atoms with Gasteiger partial charge in [0, 0.05) is 31.1 Å². The third-order valence-electron chi connectivity index (χ3n) is 4.26. The van der Waals surface area contributed by atoms with E-state index < -0.39 is 0 Å². The van der Waals surface area contributed by atoms with Crippen LogP contribution in [0.2, 0.25) is 5.02 Å². The van der Waals surface area contributed by atoms with Gasteiger partial charge in [0.1, 0.15) is 11.5 Å². The lowest BCUT2D eigenvalue weighted by molar-refractivity contribution is -0.0169. The molecule has 1 aliphatic rings. The van der Waals surface area contributed by atoms with Crippen LogP contribution >= 0.6 is 23.7 Å². The van der Waals surface area contributed by atoms with Crippen molar-refractivity contribution < 1.29 is 5.21 Å². The number of hydrogen-bond acceptors (Lipinski definition) is 9. The fourth-order valence-corrected chi connectivity index (χ4v) is 3.34. The number of halogens is 1. The van der Waals surface area contributed by atoms with E-state index >= 15 is 0 Å². The molecule has 3 heterocycles. The minimum Gasteiger partial charge on any atom is -0.301 e. The molecule has 0 amide bonds. The molecule has 28 heavy (non-hydrogen) atoms. The highest BCUT2D eigenvalue weighted by Gasteiger charge is 2.30. The number of aromatic nitrogens is 6. The minimum absolute atomic E-state index is 0.230. The SMILES string of the molecule is C[C@@H](Cc1ncc(Cl)cn1)N(O)SNc1nnc(-c2ccccn2)n1C1CC1. The van der Waals surface area contributed by atoms with Gasteiger partial charge in [-0.1, -0.05) is 17.7 Å². The van der Waals surface area contributed by atoms with Crippen molar-refractivity contribution in [1.29, 1.82) is 0 Å². The molecule has 11 heteroatoms. The summed E-state index contributed by atoms with van der Waals surface area (Å²) in [5.74, 6) is 1.91. The third kappa shape index (κ3) is 4.41. The van der Waals surface area contributed by atoms with Gasteiger partial charge in [-0.05, 0) is 31.9 Å². The molecular weight excluding hydrogens is 400 g/mol. The summed E-state index contributed by atoms with van der Waals surface area (Å²) in [6, 6.07) is 5.82. The Morgan fingerprint density at radius 3 is 2.75 bits per heavy atom. The highest BCUT2D eigenvalue weighted by Crippen LogP contribution is 2.40. The Hall–Kier alpha value is -2.27. The first-order valence-electron chi connectivity index (χ1n) is 8.85. The second-order valence-electron chi connectivity index (χ2n) is 6.53. The first-order valence-corrected chi connectivity index (χ1v) is 10.0. The first kappa shape index (κ1) is 19.1. The van der Waals surface area contributed by atoms with Gasteiger partial charge in [-0.2, -0.15) is 0 Å². The molecule has 1 aliphatic carbocycles. The number of hydroxylamine groups is 1. The normalized spacial score (nSPS) is 15.0. The standard InChI is InChI=1S/C17H19ClN8OS/c1-11(8-15-20-9-12(18)10-21-15)26(27)28-24-17-23-22-16(25(17)13-5-6-13)14-4-2-3-7-19-14/h2-4,7,9-11,13,27H,5-6,8H2,1H3,(H,23,24)/t11-/m0/s1. The Bertz CT molecular complexity index is 919. The topological polar surface area (TPSA) is 105 Å². The number of pyridine rings is 1. The van der Waals surface area contributed by atoms with Crippen molar-refractivity contribution in [2.24, 2.45) is 0 Å². The van der Waals surface area contributed by atoms with Crippen molar-refractivity contribution in [3.8, 4) is 11.5 Å². The third-order valence-corrected chi connectivity index (χ3v) is 5.28. The fraction of sp³-hybridized carbons (Fsp3) is 0.353. The van der Waals surface area contributed by atoms with Gasteiger partial charge in [-0.3, -0.25) is 14.3 Å². The van der Waals surface area contributed by atoms with Crippen LogP contribution < -0.4 is 4.72 Å². The zero-order valence-electron chi connectivity index (χ0n) is 15.1. The summed E-state index contributed by atoms with van der Waals surface area (Å²) in [6.07, 6.45) is 7.44. The average molecular weight is 419 g/mol. The van der Waals surface area contributed by atoms with E-state index in [0.717, 1.165) is 41.0 Å². The predicted molar refractivity (Wildman–Crippen MR) is 107 cm³/mol. The summed E-state index contributed by atoms with van der Waals surface area (Å²) in [5.41, 5.74) is 0.772. The molecule has 0 saturated heterocycles. The maximum absolute atomic E-state index is 10.3. The highest BCUT2D eigenvalue weighted by atomic mass is 35.5. The van der Waals surface area contributed by atoms with Crippen LogP contribution in [0, 0.1) is 0 Å². The van der Waals surface area contributed by atoms with Crippen LogP contribution in [0.4, 0.5) is 5.95 Å². The van der Waals surface area contributed by atoms with Crippen molar-refractivity contribution in [3.05, 3.63) is 47.6 Å². The van der Waals surface area contributed by atoms with E-state index in [2.05, 4.69) is 29.9 Å². The van der Waals surface area contributed by atoms with Crippen molar-refractivity contribution >= 4 is 29.7 Å². The zero-order chi connectivity index (χ0) is 19.5. The smallest absolute Gasteiger partial charge is 0.236 e. The Kier molecular flexibility index (Phi) is 5.72. The van der Waals surface area contributed by atoms with Crippen LogP contribution in [-0.2, 0) is 6.42 Å². The lowest BCUT2D eigenvalue weighted by Gasteiger charge is -2.20. The molecule has 3 aromatic rings. The van der Waals surface area contributed by atoms with Crippen LogP contribution in [0.1, 0.15) is 31.6 Å². The van der Waals surface area contributed by atoms with Crippen LogP contribution in [0.25, 0.3) is 11.5 Å². The number of nitrogens with zero attached hydrogens (tertiary/aromatic N) is 7. The maximum atomic E-state index is 10.3. The molecular formula is C17H19ClN8OS. The molecule has 0 bridgehead atoms.